The predicted molar refractivity (Wildman–Crippen MR) is 121 cm³/mol. The normalized spacial score (nSPS) is 10.2. The van der Waals surface area contributed by atoms with Crippen LogP contribution < -0.4 is 21.3 Å². The lowest BCUT2D eigenvalue weighted by Gasteiger charge is -2.11. The van der Waals surface area contributed by atoms with Crippen molar-refractivity contribution >= 4 is 75.5 Å². The third-order valence-electron chi connectivity index (χ3n) is 3.22. The van der Waals surface area contributed by atoms with Crippen LogP contribution in [-0.4, -0.2) is 22.0 Å². The number of carbonyl (C=O) groups is 2. The lowest BCUT2D eigenvalue weighted by atomic mass is 10.2. The molecule has 0 saturated carbocycles. The summed E-state index contributed by atoms with van der Waals surface area (Å²) >= 11 is 15.9. The second-order valence-electron chi connectivity index (χ2n) is 5.54. The molecule has 0 bridgehead atoms. The summed E-state index contributed by atoms with van der Waals surface area (Å²) in [6, 6.07) is 14.1. The summed E-state index contributed by atoms with van der Waals surface area (Å²) in [6.45, 7) is 1.38. The Labute approximate surface area is 178 Å². The van der Waals surface area contributed by atoms with Crippen LogP contribution in [-0.2, 0) is 9.59 Å². The molecule has 0 radical (unpaired) electrons. The molecule has 0 aliphatic carbocycles. The van der Waals surface area contributed by atoms with Gasteiger partial charge in [0.15, 0.2) is 10.2 Å². The zero-order valence-electron chi connectivity index (χ0n) is 14.8. The van der Waals surface area contributed by atoms with E-state index < -0.39 is 0 Å². The highest BCUT2D eigenvalue weighted by Crippen LogP contribution is 2.13. The van der Waals surface area contributed by atoms with Gasteiger partial charge in [-0.15, -0.1) is 0 Å². The van der Waals surface area contributed by atoms with E-state index in [1.165, 1.54) is 13.0 Å². The number of hydrogen-bond acceptors (Lipinski definition) is 4. The topological polar surface area (TPSA) is 82.3 Å². The number of nitrogens with one attached hydrogen (secondary N) is 4. The van der Waals surface area contributed by atoms with Gasteiger partial charge < -0.3 is 16.0 Å². The first-order valence-corrected chi connectivity index (χ1v) is 9.25. The Morgan fingerprint density at radius 2 is 1.36 bits per heavy atom. The molecular formula is C19H17ClN4O2S2. The molecule has 0 aliphatic heterocycles. The second kappa shape index (κ2) is 10.5. The lowest BCUT2D eigenvalue weighted by molar-refractivity contribution is -0.117. The first kappa shape index (κ1) is 21.5. The molecule has 0 unspecified atom stereocenters. The van der Waals surface area contributed by atoms with E-state index in [4.69, 9.17) is 36.0 Å². The summed E-state index contributed by atoms with van der Waals surface area (Å²) in [5.41, 5.74) is 2.23. The van der Waals surface area contributed by atoms with E-state index in [9.17, 15) is 9.59 Å². The van der Waals surface area contributed by atoms with Gasteiger partial charge in [0.1, 0.15) is 0 Å². The SMILES string of the molecule is CC(=O)NC(=S)Nc1ccc(NC(=S)NC(=O)/C=C/c2ccc(Cl)cc2)cc1. The third-order valence-corrected chi connectivity index (χ3v) is 3.88. The predicted octanol–water partition coefficient (Wildman–Crippen LogP) is 3.70. The highest BCUT2D eigenvalue weighted by molar-refractivity contribution is 7.80. The van der Waals surface area contributed by atoms with Crippen molar-refractivity contribution in [1.82, 2.24) is 10.6 Å². The average molecular weight is 433 g/mol. The molecule has 9 heteroatoms. The van der Waals surface area contributed by atoms with E-state index in [1.807, 2.05) is 0 Å². The summed E-state index contributed by atoms with van der Waals surface area (Å²) in [4.78, 5) is 22.9. The van der Waals surface area contributed by atoms with Crippen LogP contribution in [0.4, 0.5) is 11.4 Å². The zero-order chi connectivity index (χ0) is 20.5. The van der Waals surface area contributed by atoms with Crippen molar-refractivity contribution in [3.63, 3.8) is 0 Å². The number of halogens is 1. The van der Waals surface area contributed by atoms with Crippen molar-refractivity contribution in [3.05, 3.63) is 65.2 Å². The molecular weight excluding hydrogens is 416 g/mol. The molecule has 28 heavy (non-hydrogen) atoms. The minimum absolute atomic E-state index is 0.167. The van der Waals surface area contributed by atoms with Gasteiger partial charge in [0.05, 0.1) is 0 Å². The van der Waals surface area contributed by atoms with Gasteiger partial charge in [-0.05, 0) is 72.5 Å². The summed E-state index contributed by atoms with van der Waals surface area (Å²) in [5.74, 6) is -0.603. The number of hydrogen-bond donors (Lipinski definition) is 4. The van der Waals surface area contributed by atoms with Gasteiger partial charge in [-0.25, -0.2) is 0 Å². The van der Waals surface area contributed by atoms with E-state index in [0.717, 1.165) is 5.56 Å². The van der Waals surface area contributed by atoms with Crippen LogP contribution in [0.1, 0.15) is 12.5 Å². The molecule has 6 nitrogen and oxygen atoms in total. The third kappa shape index (κ3) is 7.83. The van der Waals surface area contributed by atoms with Crippen LogP contribution >= 0.6 is 36.0 Å². The molecule has 0 heterocycles. The Hall–Kier alpha value is -2.81. The Balaban J connectivity index is 1.83. The van der Waals surface area contributed by atoms with Gasteiger partial charge in [0, 0.05) is 29.4 Å². The molecule has 0 saturated heterocycles. The monoisotopic (exact) mass is 432 g/mol. The van der Waals surface area contributed by atoms with E-state index in [-0.39, 0.29) is 22.0 Å². The smallest absolute Gasteiger partial charge is 0.250 e. The van der Waals surface area contributed by atoms with Crippen molar-refractivity contribution in [2.24, 2.45) is 0 Å². The molecule has 2 aromatic rings. The number of benzene rings is 2. The van der Waals surface area contributed by atoms with Crippen molar-refractivity contribution in [2.75, 3.05) is 10.6 Å². The Morgan fingerprint density at radius 3 is 1.86 bits per heavy atom. The standard InChI is InChI=1S/C19H17ClN4O2S2/c1-12(25)21-18(27)22-15-7-9-16(10-8-15)23-19(28)24-17(26)11-4-13-2-5-14(20)6-3-13/h2-11H,1H3,(H2,21,22,25,27)(H2,23,24,26,28)/b11-4+. The molecule has 0 spiro atoms. The molecule has 0 aromatic heterocycles. The quantitative estimate of drug-likeness (QED) is 0.435. The van der Waals surface area contributed by atoms with Crippen LogP contribution in [0.3, 0.4) is 0 Å². The molecule has 2 amide bonds. The maximum absolute atomic E-state index is 11.9. The second-order valence-corrected chi connectivity index (χ2v) is 6.79. The van der Waals surface area contributed by atoms with Crippen molar-refractivity contribution in [1.29, 1.82) is 0 Å². The van der Waals surface area contributed by atoms with E-state index in [1.54, 1.807) is 54.6 Å². The molecule has 4 N–H and O–H groups in total. The number of thiocarbonyl (C=S) groups is 2. The van der Waals surface area contributed by atoms with Crippen LogP contribution in [0, 0.1) is 0 Å². The number of amides is 2. The fraction of sp³-hybridized carbons (Fsp3) is 0.0526. The highest BCUT2D eigenvalue weighted by atomic mass is 35.5. The van der Waals surface area contributed by atoms with Gasteiger partial charge in [0.25, 0.3) is 0 Å². The summed E-state index contributed by atoms with van der Waals surface area (Å²) < 4.78 is 0. The fourth-order valence-electron chi connectivity index (χ4n) is 2.02. The Morgan fingerprint density at radius 1 is 0.857 bits per heavy atom. The van der Waals surface area contributed by atoms with Crippen LogP contribution in [0.25, 0.3) is 6.08 Å². The summed E-state index contributed by atoms with van der Waals surface area (Å²) in [7, 11) is 0. The lowest BCUT2D eigenvalue weighted by Crippen LogP contribution is -2.33. The van der Waals surface area contributed by atoms with Crippen molar-refractivity contribution in [3.8, 4) is 0 Å². The highest BCUT2D eigenvalue weighted by Gasteiger charge is 2.03. The maximum Gasteiger partial charge on any atom is 0.250 e. The van der Waals surface area contributed by atoms with E-state index in [2.05, 4.69) is 21.3 Å². The van der Waals surface area contributed by atoms with E-state index in [0.29, 0.717) is 16.4 Å². The van der Waals surface area contributed by atoms with Crippen LogP contribution in [0.5, 0.6) is 0 Å². The first-order valence-electron chi connectivity index (χ1n) is 8.06. The largest absolute Gasteiger partial charge is 0.332 e. The van der Waals surface area contributed by atoms with Gasteiger partial charge >= 0.3 is 0 Å². The minimum Gasteiger partial charge on any atom is -0.332 e. The first-order chi connectivity index (χ1) is 13.3. The number of anilines is 2. The average Bonchev–Trinajstić information content (AvgIpc) is 2.62. The molecule has 2 rings (SSSR count). The van der Waals surface area contributed by atoms with Crippen LogP contribution in [0.2, 0.25) is 5.02 Å². The zero-order valence-corrected chi connectivity index (χ0v) is 17.2. The van der Waals surface area contributed by atoms with Crippen molar-refractivity contribution < 1.29 is 9.59 Å². The molecule has 144 valence electrons. The number of carbonyl (C=O) groups excluding carboxylic acids is 2. The van der Waals surface area contributed by atoms with E-state index >= 15 is 0 Å². The fourth-order valence-corrected chi connectivity index (χ4v) is 2.63. The Bertz CT molecular complexity index is 913. The molecule has 0 fully saturated rings. The van der Waals surface area contributed by atoms with Gasteiger partial charge in [-0.1, -0.05) is 23.7 Å². The molecule has 0 aliphatic rings. The summed E-state index contributed by atoms with van der Waals surface area (Å²) in [5, 5.41) is 11.8. The molecule has 2 aromatic carbocycles. The minimum atomic E-state index is -0.355. The van der Waals surface area contributed by atoms with Crippen molar-refractivity contribution in [2.45, 2.75) is 6.92 Å². The molecule has 0 atom stereocenters. The Kier molecular flexibility index (Phi) is 8.06. The number of rotatable bonds is 4. The van der Waals surface area contributed by atoms with Gasteiger partial charge in [0.2, 0.25) is 11.8 Å². The van der Waals surface area contributed by atoms with Gasteiger partial charge in [-0.3, -0.25) is 14.9 Å². The maximum atomic E-state index is 11.9. The van der Waals surface area contributed by atoms with Gasteiger partial charge in [-0.2, -0.15) is 0 Å². The van der Waals surface area contributed by atoms with Crippen LogP contribution in [0.15, 0.2) is 54.6 Å². The summed E-state index contributed by atoms with van der Waals surface area (Å²) in [6.07, 6.45) is 3.04.